The number of nitrogens with one attached hydrogen (secondary N) is 1. The Morgan fingerprint density at radius 3 is 2.86 bits per heavy atom. The molecular formula is C4H9N3. The summed E-state index contributed by atoms with van der Waals surface area (Å²) in [6.45, 7) is 1.92. The Balaban J connectivity index is 2.41. The Labute approximate surface area is 42.6 Å². The average molecular weight is 99.1 g/mol. The van der Waals surface area contributed by atoms with Gasteiger partial charge in [-0.15, -0.1) is 0 Å². The lowest BCUT2D eigenvalue weighted by Gasteiger charge is -1.83. The predicted octanol–water partition coefficient (Wildman–Crippen LogP) is -0.706. The molecule has 0 radical (unpaired) electrons. The molecule has 0 atom stereocenters. The standard InChI is InChI=1S/C4H9N3/c5-7-4-1-2-6-3-4/h6H,1-3,5H2/b7-4-. The Morgan fingerprint density at radius 1 is 1.71 bits per heavy atom. The minimum Gasteiger partial charge on any atom is -0.323 e. The van der Waals surface area contributed by atoms with Crippen molar-refractivity contribution in [3.8, 4) is 0 Å². The van der Waals surface area contributed by atoms with Crippen molar-refractivity contribution in [3.63, 3.8) is 0 Å². The smallest absolute Gasteiger partial charge is 0.0526 e. The highest BCUT2D eigenvalue weighted by molar-refractivity contribution is 5.87. The van der Waals surface area contributed by atoms with E-state index in [0.29, 0.717) is 0 Å². The molecule has 0 bridgehead atoms. The van der Waals surface area contributed by atoms with E-state index in [0.717, 1.165) is 25.2 Å². The zero-order chi connectivity index (χ0) is 5.11. The average Bonchev–Trinajstić information content (AvgIpc) is 2.14. The molecule has 1 heterocycles. The van der Waals surface area contributed by atoms with Crippen LogP contribution in [0, 0.1) is 0 Å². The molecule has 0 amide bonds. The van der Waals surface area contributed by atoms with Gasteiger partial charge in [0.15, 0.2) is 0 Å². The minimum absolute atomic E-state index is 0.885. The Kier molecular flexibility index (Phi) is 1.26. The van der Waals surface area contributed by atoms with Crippen molar-refractivity contribution < 1.29 is 0 Å². The van der Waals surface area contributed by atoms with Gasteiger partial charge >= 0.3 is 0 Å². The number of nitrogens with zero attached hydrogens (tertiary/aromatic N) is 1. The molecular weight excluding hydrogens is 90.1 g/mol. The van der Waals surface area contributed by atoms with E-state index in [-0.39, 0.29) is 0 Å². The topological polar surface area (TPSA) is 50.4 Å². The monoisotopic (exact) mass is 99.1 g/mol. The summed E-state index contributed by atoms with van der Waals surface area (Å²) < 4.78 is 0. The maximum atomic E-state index is 4.98. The third-order valence-electron chi connectivity index (χ3n) is 1.10. The van der Waals surface area contributed by atoms with Gasteiger partial charge in [0.25, 0.3) is 0 Å². The number of hydrogen-bond donors (Lipinski definition) is 2. The predicted molar refractivity (Wildman–Crippen MR) is 29.1 cm³/mol. The van der Waals surface area contributed by atoms with Gasteiger partial charge in [-0.05, 0) is 0 Å². The van der Waals surface area contributed by atoms with E-state index in [4.69, 9.17) is 5.84 Å². The fraction of sp³-hybridized carbons (Fsp3) is 0.750. The maximum absolute atomic E-state index is 4.98. The maximum Gasteiger partial charge on any atom is 0.0526 e. The zero-order valence-corrected chi connectivity index (χ0v) is 4.15. The van der Waals surface area contributed by atoms with Crippen molar-refractivity contribution in [1.82, 2.24) is 5.32 Å². The van der Waals surface area contributed by atoms with Crippen LogP contribution in [0.1, 0.15) is 6.42 Å². The summed E-state index contributed by atoms with van der Waals surface area (Å²) in [6.07, 6.45) is 1.02. The second-order valence-corrected chi connectivity index (χ2v) is 1.62. The Morgan fingerprint density at radius 2 is 2.57 bits per heavy atom. The summed E-state index contributed by atoms with van der Waals surface area (Å²) in [7, 11) is 0. The third-order valence-corrected chi connectivity index (χ3v) is 1.10. The molecule has 3 N–H and O–H groups in total. The first-order chi connectivity index (χ1) is 3.43. The van der Waals surface area contributed by atoms with Gasteiger partial charge in [-0.2, -0.15) is 5.10 Å². The molecule has 0 saturated carbocycles. The van der Waals surface area contributed by atoms with Gasteiger partial charge in [0.05, 0.1) is 5.71 Å². The highest BCUT2D eigenvalue weighted by atomic mass is 15.1. The van der Waals surface area contributed by atoms with E-state index in [2.05, 4.69) is 10.4 Å². The highest BCUT2D eigenvalue weighted by Crippen LogP contribution is 1.88. The first-order valence-electron chi connectivity index (χ1n) is 2.40. The van der Waals surface area contributed by atoms with Crippen molar-refractivity contribution in [1.29, 1.82) is 0 Å². The van der Waals surface area contributed by atoms with Crippen LogP contribution >= 0.6 is 0 Å². The lowest BCUT2D eigenvalue weighted by molar-refractivity contribution is 0.863. The molecule has 40 valence electrons. The van der Waals surface area contributed by atoms with Crippen LogP contribution in [0.2, 0.25) is 0 Å². The van der Waals surface area contributed by atoms with Gasteiger partial charge in [0.2, 0.25) is 0 Å². The molecule has 0 spiro atoms. The first kappa shape index (κ1) is 4.59. The third kappa shape index (κ3) is 0.899. The summed E-state index contributed by atoms with van der Waals surface area (Å²) >= 11 is 0. The number of hydrogen-bond acceptors (Lipinski definition) is 3. The van der Waals surface area contributed by atoms with E-state index in [1.165, 1.54) is 0 Å². The van der Waals surface area contributed by atoms with Crippen molar-refractivity contribution >= 4 is 5.71 Å². The summed E-state index contributed by atoms with van der Waals surface area (Å²) in [5, 5.41) is 6.65. The van der Waals surface area contributed by atoms with Gasteiger partial charge in [0.1, 0.15) is 0 Å². The normalized spacial score (nSPS) is 26.6. The van der Waals surface area contributed by atoms with Crippen molar-refractivity contribution in [3.05, 3.63) is 0 Å². The molecule has 0 aromatic rings. The molecule has 0 aromatic heterocycles. The molecule has 1 fully saturated rings. The summed E-state index contributed by atoms with van der Waals surface area (Å²) in [5.41, 5.74) is 1.08. The largest absolute Gasteiger partial charge is 0.323 e. The van der Waals surface area contributed by atoms with Crippen LogP contribution in [0.15, 0.2) is 5.10 Å². The van der Waals surface area contributed by atoms with E-state index in [1.54, 1.807) is 0 Å². The second-order valence-electron chi connectivity index (χ2n) is 1.62. The molecule has 1 aliphatic rings. The molecule has 3 nitrogen and oxygen atoms in total. The number of rotatable bonds is 0. The van der Waals surface area contributed by atoms with Crippen LogP contribution in [0.3, 0.4) is 0 Å². The van der Waals surface area contributed by atoms with E-state index >= 15 is 0 Å². The fourth-order valence-electron chi connectivity index (χ4n) is 0.664. The molecule has 7 heavy (non-hydrogen) atoms. The highest BCUT2D eigenvalue weighted by Gasteiger charge is 2.04. The Hall–Kier alpha value is -0.570. The SMILES string of the molecule is N/N=C1/CCNC1. The van der Waals surface area contributed by atoms with E-state index < -0.39 is 0 Å². The molecule has 0 aliphatic carbocycles. The van der Waals surface area contributed by atoms with Crippen molar-refractivity contribution in [2.24, 2.45) is 10.9 Å². The van der Waals surface area contributed by atoms with Crippen molar-refractivity contribution in [2.45, 2.75) is 6.42 Å². The van der Waals surface area contributed by atoms with Gasteiger partial charge in [-0.3, -0.25) is 0 Å². The van der Waals surface area contributed by atoms with Gasteiger partial charge < -0.3 is 11.2 Å². The van der Waals surface area contributed by atoms with Crippen LogP contribution in [-0.2, 0) is 0 Å². The van der Waals surface area contributed by atoms with Crippen molar-refractivity contribution in [2.75, 3.05) is 13.1 Å². The van der Waals surface area contributed by atoms with Gasteiger partial charge in [-0.25, -0.2) is 0 Å². The Bertz CT molecular complexity index is 78.9. The van der Waals surface area contributed by atoms with Gasteiger partial charge in [0, 0.05) is 19.5 Å². The van der Waals surface area contributed by atoms with Gasteiger partial charge in [-0.1, -0.05) is 0 Å². The summed E-state index contributed by atoms with van der Waals surface area (Å²) in [5.74, 6) is 4.98. The molecule has 1 saturated heterocycles. The molecule has 3 heteroatoms. The summed E-state index contributed by atoms with van der Waals surface area (Å²) in [4.78, 5) is 0. The minimum atomic E-state index is 0.885. The lowest BCUT2D eigenvalue weighted by Crippen LogP contribution is -2.09. The first-order valence-corrected chi connectivity index (χ1v) is 2.40. The number of nitrogens with two attached hydrogens (primary N) is 1. The van der Waals surface area contributed by atoms with Crippen LogP contribution in [-0.4, -0.2) is 18.8 Å². The molecule has 1 rings (SSSR count). The van der Waals surface area contributed by atoms with Crippen LogP contribution < -0.4 is 11.2 Å². The molecule has 1 aliphatic heterocycles. The van der Waals surface area contributed by atoms with Crippen LogP contribution in [0.25, 0.3) is 0 Å². The number of hydrazone groups is 1. The lowest BCUT2D eigenvalue weighted by atomic mass is 10.3. The van der Waals surface area contributed by atoms with Crippen LogP contribution in [0.4, 0.5) is 0 Å². The van der Waals surface area contributed by atoms with E-state index in [1.807, 2.05) is 0 Å². The molecule has 0 aromatic carbocycles. The zero-order valence-electron chi connectivity index (χ0n) is 4.15. The quantitative estimate of drug-likeness (QED) is 0.311. The molecule has 0 unspecified atom stereocenters. The van der Waals surface area contributed by atoms with Crippen LogP contribution in [0.5, 0.6) is 0 Å². The fourth-order valence-corrected chi connectivity index (χ4v) is 0.664. The second kappa shape index (κ2) is 1.93. The van der Waals surface area contributed by atoms with E-state index in [9.17, 15) is 0 Å². The summed E-state index contributed by atoms with van der Waals surface area (Å²) in [6, 6.07) is 0.